The molecule has 0 atom stereocenters. The number of hydrogen-bond donors (Lipinski definition) is 3. The van der Waals surface area contributed by atoms with Gasteiger partial charge in [0.05, 0.1) is 18.9 Å². The summed E-state index contributed by atoms with van der Waals surface area (Å²) in [5.41, 5.74) is 10.2. The quantitative estimate of drug-likeness (QED) is 0.471. The second-order valence-electron chi connectivity index (χ2n) is 7.22. The molecule has 31 heavy (non-hydrogen) atoms. The van der Waals surface area contributed by atoms with E-state index in [-0.39, 0.29) is 0 Å². The van der Waals surface area contributed by atoms with Crippen LogP contribution in [0.15, 0.2) is 54.9 Å². The van der Waals surface area contributed by atoms with E-state index in [0.29, 0.717) is 18.9 Å². The van der Waals surface area contributed by atoms with Crippen molar-refractivity contribution in [2.24, 2.45) is 5.73 Å². The Morgan fingerprint density at radius 3 is 2.77 bits per heavy atom. The van der Waals surface area contributed by atoms with Crippen molar-refractivity contribution in [2.45, 2.75) is 0 Å². The van der Waals surface area contributed by atoms with Gasteiger partial charge in [-0.3, -0.25) is 10.1 Å². The van der Waals surface area contributed by atoms with Crippen molar-refractivity contribution >= 4 is 28.4 Å². The summed E-state index contributed by atoms with van der Waals surface area (Å²) in [7, 11) is 0. The molecule has 3 aromatic heterocycles. The van der Waals surface area contributed by atoms with Gasteiger partial charge in [-0.15, -0.1) is 0 Å². The fourth-order valence-electron chi connectivity index (χ4n) is 3.82. The van der Waals surface area contributed by atoms with Gasteiger partial charge in [-0.2, -0.15) is 5.10 Å². The molecule has 0 unspecified atom stereocenters. The lowest BCUT2D eigenvalue weighted by Crippen LogP contribution is -2.36. The van der Waals surface area contributed by atoms with Gasteiger partial charge in [-0.05, 0) is 41.5 Å². The van der Waals surface area contributed by atoms with Crippen LogP contribution in [-0.2, 0) is 4.74 Å². The molecular formula is C22H21N7O2. The van der Waals surface area contributed by atoms with Gasteiger partial charge in [0.25, 0.3) is 0 Å². The Morgan fingerprint density at radius 2 is 2.00 bits per heavy atom. The average molecular weight is 415 g/mol. The first kappa shape index (κ1) is 19.0. The Balaban J connectivity index is 1.73. The van der Waals surface area contributed by atoms with E-state index < -0.39 is 6.03 Å². The Morgan fingerprint density at radius 1 is 1.13 bits per heavy atom. The maximum atomic E-state index is 11.3. The van der Waals surface area contributed by atoms with Gasteiger partial charge in [0, 0.05) is 36.6 Å². The van der Waals surface area contributed by atoms with Crippen LogP contribution in [0.4, 0.5) is 16.3 Å². The number of H-pyrrole nitrogens is 1. The molecule has 0 saturated carbocycles. The molecule has 4 heterocycles. The first-order valence-corrected chi connectivity index (χ1v) is 9.98. The zero-order valence-electron chi connectivity index (χ0n) is 16.7. The number of aromatic nitrogens is 4. The highest BCUT2D eigenvalue weighted by Gasteiger charge is 2.19. The summed E-state index contributed by atoms with van der Waals surface area (Å²) in [5, 5.41) is 10.6. The van der Waals surface area contributed by atoms with Crippen molar-refractivity contribution in [3.63, 3.8) is 0 Å². The van der Waals surface area contributed by atoms with Crippen molar-refractivity contribution in [1.29, 1.82) is 0 Å². The van der Waals surface area contributed by atoms with Crippen LogP contribution in [0.5, 0.6) is 0 Å². The fraction of sp³-hybridized carbons (Fsp3) is 0.182. The number of primary amides is 1. The lowest BCUT2D eigenvalue weighted by Gasteiger charge is -2.28. The summed E-state index contributed by atoms with van der Waals surface area (Å²) >= 11 is 0. The molecule has 0 aliphatic carbocycles. The molecule has 9 nitrogen and oxygen atoms in total. The third kappa shape index (κ3) is 3.78. The first-order chi connectivity index (χ1) is 15.2. The SMILES string of the molecule is NC(=O)Nc1cccc(-c2cc(N3CCOCC3)nc3c(-c4ccn[nH]4)nccc23)c1. The molecule has 4 aromatic rings. The number of benzene rings is 1. The maximum Gasteiger partial charge on any atom is 0.316 e. The van der Waals surface area contributed by atoms with Crippen LogP contribution >= 0.6 is 0 Å². The number of rotatable bonds is 4. The number of anilines is 2. The highest BCUT2D eigenvalue weighted by Crippen LogP contribution is 2.35. The minimum absolute atomic E-state index is 0.600. The number of morpholine rings is 1. The zero-order valence-corrected chi connectivity index (χ0v) is 16.7. The van der Waals surface area contributed by atoms with Gasteiger partial charge >= 0.3 is 6.03 Å². The number of amides is 2. The van der Waals surface area contributed by atoms with Gasteiger partial charge in [0.15, 0.2) is 0 Å². The number of pyridine rings is 2. The van der Waals surface area contributed by atoms with Crippen LogP contribution in [0, 0.1) is 0 Å². The van der Waals surface area contributed by atoms with E-state index in [1.54, 1.807) is 18.5 Å². The van der Waals surface area contributed by atoms with Gasteiger partial charge in [-0.1, -0.05) is 12.1 Å². The van der Waals surface area contributed by atoms with E-state index in [9.17, 15) is 4.79 Å². The predicted molar refractivity (Wildman–Crippen MR) is 119 cm³/mol. The molecule has 1 fully saturated rings. The smallest absolute Gasteiger partial charge is 0.316 e. The number of aromatic amines is 1. The molecule has 1 aliphatic rings. The number of carbonyl (C=O) groups excluding carboxylic acids is 1. The summed E-state index contributed by atoms with van der Waals surface area (Å²) in [6.45, 7) is 2.85. The number of urea groups is 1. The van der Waals surface area contributed by atoms with E-state index in [1.165, 1.54) is 0 Å². The molecule has 0 radical (unpaired) electrons. The highest BCUT2D eigenvalue weighted by molar-refractivity contribution is 6.02. The van der Waals surface area contributed by atoms with Crippen LogP contribution < -0.4 is 16.0 Å². The standard InChI is InChI=1S/C22H21N7O2/c23-22(30)26-15-3-1-2-14(12-15)17-13-19(29-8-10-31-11-9-29)27-20-16(17)4-6-24-21(20)18-5-7-25-28-18/h1-7,12-13H,8-11H2,(H,25,28)(H3,23,26,30). The van der Waals surface area contributed by atoms with Crippen molar-refractivity contribution in [1.82, 2.24) is 20.2 Å². The highest BCUT2D eigenvalue weighted by atomic mass is 16.5. The number of nitrogens with zero attached hydrogens (tertiary/aromatic N) is 4. The second kappa shape index (κ2) is 8.04. The molecule has 156 valence electrons. The monoisotopic (exact) mass is 415 g/mol. The first-order valence-electron chi connectivity index (χ1n) is 9.98. The molecule has 1 aromatic carbocycles. The van der Waals surface area contributed by atoms with Crippen LogP contribution in [0.25, 0.3) is 33.4 Å². The fourth-order valence-corrected chi connectivity index (χ4v) is 3.82. The number of hydrogen-bond acceptors (Lipinski definition) is 6. The molecule has 1 saturated heterocycles. The van der Waals surface area contributed by atoms with Gasteiger partial charge < -0.3 is 20.7 Å². The van der Waals surface area contributed by atoms with Crippen LogP contribution in [0.3, 0.4) is 0 Å². The minimum Gasteiger partial charge on any atom is -0.378 e. The summed E-state index contributed by atoms with van der Waals surface area (Å²) in [6.07, 6.45) is 3.46. The molecule has 1 aliphatic heterocycles. The third-order valence-corrected chi connectivity index (χ3v) is 5.25. The molecule has 4 N–H and O–H groups in total. The van der Waals surface area contributed by atoms with Gasteiger partial charge in [-0.25, -0.2) is 9.78 Å². The summed E-state index contributed by atoms with van der Waals surface area (Å²) < 4.78 is 5.51. The Labute approximate surface area is 178 Å². The van der Waals surface area contributed by atoms with Crippen LogP contribution in [0.2, 0.25) is 0 Å². The molecule has 9 heteroatoms. The number of nitrogens with one attached hydrogen (secondary N) is 2. The largest absolute Gasteiger partial charge is 0.378 e. The zero-order chi connectivity index (χ0) is 21.2. The molecular weight excluding hydrogens is 394 g/mol. The lowest BCUT2D eigenvalue weighted by atomic mass is 9.99. The van der Waals surface area contributed by atoms with Crippen molar-refractivity contribution in [3.8, 4) is 22.5 Å². The summed E-state index contributed by atoms with van der Waals surface area (Å²) in [5.74, 6) is 0.854. The van der Waals surface area contributed by atoms with Crippen LogP contribution in [-0.4, -0.2) is 52.5 Å². The number of fused-ring (bicyclic) bond motifs is 1. The van der Waals surface area contributed by atoms with E-state index in [0.717, 1.165) is 52.3 Å². The molecule has 2 amide bonds. The predicted octanol–water partition coefficient (Wildman–Crippen LogP) is 3.01. The summed E-state index contributed by atoms with van der Waals surface area (Å²) in [6, 6.07) is 12.9. The van der Waals surface area contributed by atoms with Crippen molar-refractivity contribution in [3.05, 3.63) is 54.9 Å². The van der Waals surface area contributed by atoms with E-state index in [4.69, 9.17) is 15.5 Å². The molecule has 5 rings (SSSR count). The second-order valence-corrected chi connectivity index (χ2v) is 7.22. The average Bonchev–Trinajstić information content (AvgIpc) is 3.33. The van der Waals surface area contributed by atoms with E-state index in [2.05, 4.69) is 31.5 Å². The minimum atomic E-state index is -0.600. The number of nitrogens with two attached hydrogens (primary N) is 1. The molecule has 0 spiro atoms. The Bertz CT molecular complexity index is 1230. The third-order valence-electron chi connectivity index (χ3n) is 5.25. The normalized spacial score (nSPS) is 14.0. The topological polar surface area (TPSA) is 122 Å². The Hall–Kier alpha value is -3.98. The van der Waals surface area contributed by atoms with Gasteiger partial charge in [0.2, 0.25) is 0 Å². The maximum absolute atomic E-state index is 11.3. The van der Waals surface area contributed by atoms with E-state index in [1.807, 2.05) is 30.3 Å². The van der Waals surface area contributed by atoms with Crippen molar-refractivity contribution in [2.75, 3.05) is 36.5 Å². The van der Waals surface area contributed by atoms with Crippen molar-refractivity contribution < 1.29 is 9.53 Å². The van der Waals surface area contributed by atoms with Gasteiger partial charge in [0.1, 0.15) is 17.0 Å². The van der Waals surface area contributed by atoms with Crippen LogP contribution in [0.1, 0.15) is 0 Å². The Kier molecular flexibility index (Phi) is 4.93. The van der Waals surface area contributed by atoms with E-state index >= 15 is 0 Å². The lowest BCUT2D eigenvalue weighted by molar-refractivity contribution is 0.122. The molecule has 0 bridgehead atoms. The summed E-state index contributed by atoms with van der Waals surface area (Å²) in [4.78, 5) is 23.1. The number of carbonyl (C=O) groups is 1. The number of ether oxygens (including phenoxy) is 1.